The van der Waals surface area contributed by atoms with Crippen LogP contribution in [0.15, 0.2) is 24.3 Å². The molecule has 0 spiro atoms. The minimum atomic E-state index is -0.270. The van der Waals surface area contributed by atoms with Gasteiger partial charge in [0.15, 0.2) is 0 Å². The quantitative estimate of drug-likeness (QED) is 0.669. The molecule has 4 heteroatoms. The molecule has 0 saturated carbocycles. The van der Waals surface area contributed by atoms with Gasteiger partial charge in [-0.05, 0) is 37.5 Å². The predicted molar refractivity (Wildman–Crippen MR) is 78.1 cm³/mol. The number of benzene rings is 1. The van der Waals surface area contributed by atoms with E-state index >= 15 is 0 Å². The van der Waals surface area contributed by atoms with Crippen molar-refractivity contribution in [1.82, 2.24) is 0 Å². The second kappa shape index (κ2) is 8.62. The maximum Gasteiger partial charge on any atom is 0.261 e. The molecule has 0 aliphatic rings. The summed E-state index contributed by atoms with van der Waals surface area (Å²) in [5.74, 6) is 0.634. The van der Waals surface area contributed by atoms with E-state index in [1.807, 2.05) is 24.3 Å². The molecule has 1 aromatic carbocycles. The van der Waals surface area contributed by atoms with Crippen molar-refractivity contribution in [3.63, 3.8) is 0 Å². The number of aryl methyl sites for hydroxylation is 1. The van der Waals surface area contributed by atoms with Gasteiger partial charge in [0.1, 0.15) is 5.75 Å². The van der Waals surface area contributed by atoms with Crippen LogP contribution in [0.3, 0.4) is 0 Å². The van der Waals surface area contributed by atoms with Crippen molar-refractivity contribution in [3.8, 4) is 5.75 Å². The third-order valence-corrected chi connectivity index (χ3v) is 2.90. The van der Waals surface area contributed by atoms with Crippen molar-refractivity contribution in [1.29, 1.82) is 0 Å². The Labute approximate surface area is 116 Å². The fourth-order valence-corrected chi connectivity index (χ4v) is 1.87. The standard InChI is InChI=1S/C15H22BO3/c1-4-5-12(2)19-14-8-6-13(7-9-14)10-11-16-15(17)18-3/h6-9,12H,4-5,10-11H2,1-3H3. The number of ether oxygens (including phenoxy) is 2. The minimum absolute atomic E-state index is 0.253. The molecule has 1 rings (SSSR count). The Morgan fingerprint density at radius 3 is 2.58 bits per heavy atom. The Kier molecular flexibility index (Phi) is 7.08. The molecule has 0 saturated heterocycles. The van der Waals surface area contributed by atoms with Gasteiger partial charge in [0.2, 0.25) is 5.87 Å². The Morgan fingerprint density at radius 2 is 2.00 bits per heavy atom. The summed E-state index contributed by atoms with van der Waals surface area (Å²) in [6.07, 6.45) is 3.97. The zero-order chi connectivity index (χ0) is 14.1. The van der Waals surface area contributed by atoms with E-state index in [0.717, 1.165) is 25.0 Å². The molecule has 0 bridgehead atoms. The summed E-state index contributed by atoms with van der Waals surface area (Å²) in [5.41, 5.74) is 1.19. The molecule has 0 amide bonds. The molecule has 0 N–H and O–H groups in total. The monoisotopic (exact) mass is 261 g/mol. The van der Waals surface area contributed by atoms with Crippen LogP contribution in [0.1, 0.15) is 32.3 Å². The maximum absolute atomic E-state index is 10.9. The smallest absolute Gasteiger partial charge is 0.261 e. The normalized spacial score (nSPS) is 11.7. The number of hydrogen-bond acceptors (Lipinski definition) is 3. The van der Waals surface area contributed by atoms with Gasteiger partial charge in [-0.3, -0.25) is 4.79 Å². The predicted octanol–water partition coefficient (Wildman–Crippen LogP) is 3.69. The first kappa shape index (κ1) is 15.6. The van der Waals surface area contributed by atoms with E-state index in [9.17, 15) is 4.79 Å². The highest BCUT2D eigenvalue weighted by atomic mass is 16.5. The van der Waals surface area contributed by atoms with Crippen molar-refractivity contribution in [2.24, 2.45) is 0 Å². The summed E-state index contributed by atoms with van der Waals surface area (Å²) in [6.45, 7) is 4.24. The lowest BCUT2D eigenvalue weighted by molar-refractivity contribution is 0.197. The zero-order valence-electron chi connectivity index (χ0n) is 12.0. The molecular formula is C15H22BO3. The molecule has 1 aromatic rings. The second-order valence-corrected chi connectivity index (χ2v) is 4.63. The van der Waals surface area contributed by atoms with Crippen LogP contribution in [-0.2, 0) is 11.2 Å². The molecule has 19 heavy (non-hydrogen) atoms. The van der Waals surface area contributed by atoms with Crippen LogP contribution in [0, 0.1) is 0 Å². The van der Waals surface area contributed by atoms with Crippen molar-refractivity contribution in [2.45, 2.75) is 45.5 Å². The molecular weight excluding hydrogens is 239 g/mol. The van der Waals surface area contributed by atoms with Gasteiger partial charge in [0.25, 0.3) is 7.28 Å². The summed E-state index contributed by atoms with van der Waals surface area (Å²) in [4.78, 5) is 10.9. The minimum Gasteiger partial charge on any atom is -0.491 e. The SMILES string of the molecule is CCCC(C)Oc1ccc(CC[B]C(=O)OC)cc1. The summed E-state index contributed by atoms with van der Waals surface area (Å²) < 4.78 is 10.3. The van der Waals surface area contributed by atoms with E-state index in [4.69, 9.17) is 4.74 Å². The van der Waals surface area contributed by atoms with Gasteiger partial charge in [-0.2, -0.15) is 0 Å². The van der Waals surface area contributed by atoms with Crippen LogP contribution in [0.4, 0.5) is 4.79 Å². The summed E-state index contributed by atoms with van der Waals surface area (Å²) >= 11 is 0. The molecule has 3 nitrogen and oxygen atoms in total. The second-order valence-electron chi connectivity index (χ2n) is 4.63. The number of carbonyl (C=O) groups is 1. The van der Waals surface area contributed by atoms with E-state index < -0.39 is 0 Å². The number of carbonyl (C=O) groups excluding carboxylic acids is 1. The van der Waals surface area contributed by atoms with Gasteiger partial charge in [-0.25, -0.2) is 0 Å². The Hall–Kier alpha value is -1.45. The van der Waals surface area contributed by atoms with E-state index in [1.54, 1.807) is 7.28 Å². The maximum atomic E-state index is 10.9. The van der Waals surface area contributed by atoms with E-state index in [0.29, 0.717) is 6.32 Å². The van der Waals surface area contributed by atoms with Gasteiger partial charge in [-0.1, -0.05) is 31.8 Å². The third-order valence-electron chi connectivity index (χ3n) is 2.90. The van der Waals surface area contributed by atoms with Crippen molar-refractivity contribution < 1.29 is 14.3 Å². The van der Waals surface area contributed by atoms with E-state index in [1.165, 1.54) is 12.7 Å². The van der Waals surface area contributed by atoms with Crippen LogP contribution in [0.2, 0.25) is 6.32 Å². The van der Waals surface area contributed by atoms with Crippen molar-refractivity contribution in [3.05, 3.63) is 29.8 Å². The van der Waals surface area contributed by atoms with Crippen LogP contribution in [0.25, 0.3) is 0 Å². The largest absolute Gasteiger partial charge is 0.491 e. The third kappa shape index (κ3) is 6.32. The van der Waals surface area contributed by atoms with Gasteiger partial charge < -0.3 is 9.47 Å². The number of hydrogen-bond donors (Lipinski definition) is 0. The topological polar surface area (TPSA) is 35.5 Å². The average Bonchev–Trinajstić information content (AvgIpc) is 2.41. The van der Waals surface area contributed by atoms with Crippen LogP contribution >= 0.6 is 0 Å². The van der Waals surface area contributed by atoms with Gasteiger partial charge in [0, 0.05) is 0 Å². The van der Waals surface area contributed by atoms with Crippen LogP contribution < -0.4 is 4.74 Å². The lowest BCUT2D eigenvalue weighted by Gasteiger charge is -2.13. The highest BCUT2D eigenvalue weighted by Gasteiger charge is 2.05. The number of methoxy groups -OCH3 is 1. The summed E-state index contributed by atoms with van der Waals surface area (Å²) in [7, 11) is 2.95. The summed E-state index contributed by atoms with van der Waals surface area (Å²) in [5, 5.41) is 0. The highest BCUT2D eigenvalue weighted by Crippen LogP contribution is 2.16. The lowest BCUT2D eigenvalue weighted by atomic mass is 9.73. The van der Waals surface area contributed by atoms with Gasteiger partial charge >= 0.3 is 0 Å². The molecule has 0 aliphatic heterocycles. The molecule has 0 heterocycles. The molecule has 1 unspecified atom stereocenters. The van der Waals surface area contributed by atoms with E-state index in [2.05, 4.69) is 18.6 Å². The molecule has 103 valence electrons. The molecule has 0 aliphatic carbocycles. The Bertz CT molecular complexity index is 375. The number of rotatable bonds is 8. The molecule has 1 radical (unpaired) electrons. The highest BCUT2D eigenvalue weighted by molar-refractivity contribution is 6.71. The summed E-state index contributed by atoms with van der Waals surface area (Å²) in [6, 6.07) is 8.05. The van der Waals surface area contributed by atoms with Crippen molar-refractivity contribution >= 4 is 13.1 Å². The molecule has 1 atom stereocenters. The van der Waals surface area contributed by atoms with Crippen LogP contribution in [0.5, 0.6) is 5.75 Å². The Balaban J connectivity index is 2.37. The van der Waals surface area contributed by atoms with Gasteiger partial charge in [0.05, 0.1) is 13.2 Å². The Morgan fingerprint density at radius 1 is 1.32 bits per heavy atom. The van der Waals surface area contributed by atoms with E-state index in [-0.39, 0.29) is 12.0 Å². The fraction of sp³-hybridized carbons (Fsp3) is 0.533. The molecule has 0 fully saturated rings. The first-order valence-corrected chi connectivity index (χ1v) is 6.82. The first-order chi connectivity index (χ1) is 9.15. The first-order valence-electron chi connectivity index (χ1n) is 6.82. The van der Waals surface area contributed by atoms with Crippen molar-refractivity contribution in [2.75, 3.05) is 7.11 Å². The fourth-order valence-electron chi connectivity index (χ4n) is 1.87. The lowest BCUT2D eigenvalue weighted by Crippen LogP contribution is -2.11. The average molecular weight is 261 g/mol. The zero-order valence-corrected chi connectivity index (χ0v) is 12.0. The molecule has 0 aromatic heterocycles. The van der Waals surface area contributed by atoms with Gasteiger partial charge in [-0.15, -0.1) is 0 Å². The van der Waals surface area contributed by atoms with Crippen LogP contribution in [-0.4, -0.2) is 26.4 Å².